The van der Waals surface area contributed by atoms with Crippen LogP contribution >= 0.6 is 11.6 Å². The van der Waals surface area contributed by atoms with Gasteiger partial charge in [0.05, 0.1) is 16.8 Å². The van der Waals surface area contributed by atoms with Crippen molar-refractivity contribution >= 4 is 28.4 Å². The first-order chi connectivity index (χ1) is 9.26. The number of amides is 1. The van der Waals surface area contributed by atoms with Crippen molar-refractivity contribution in [3.63, 3.8) is 0 Å². The number of alkyl halides is 3. The van der Waals surface area contributed by atoms with Gasteiger partial charge in [-0.15, -0.1) is 0 Å². The van der Waals surface area contributed by atoms with Gasteiger partial charge < -0.3 is 5.32 Å². The van der Waals surface area contributed by atoms with Gasteiger partial charge in [0.25, 0.3) is 5.91 Å². The van der Waals surface area contributed by atoms with Crippen molar-refractivity contribution in [1.82, 2.24) is 10.3 Å². The molecular weight excluding hydrogens is 293 g/mol. The third kappa shape index (κ3) is 3.39. The number of halogens is 4. The minimum Gasteiger partial charge on any atom is -0.343 e. The fourth-order valence-corrected chi connectivity index (χ4v) is 1.93. The van der Waals surface area contributed by atoms with Gasteiger partial charge in [0.2, 0.25) is 0 Å². The van der Waals surface area contributed by atoms with Crippen LogP contribution in [-0.2, 0) is 0 Å². The number of rotatable bonds is 2. The largest absolute Gasteiger partial charge is 0.405 e. The Kier molecular flexibility index (Phi) is 3.85. The Morgan fingerprint density at radius 3 is 2.70 bits per heavy atom. The molecule has 20 heavy (non-hydrogen) atoms. The number of carbonyl (C=O) groups is 1. The molecule has 2 rings (SSSR count). The Morgan fingerprint density at radius 2 is 2.05 bits per heavy atom. The average molecular weight is 303 g/mol. The second-order valence-corrected chi connectivity index (χ2v) is 4.69. The van der Waals surface area contributed by atoms with Gasteiger partial charge in [-0.05, 0) is 31.2 Å². The molecule has 1 heterocycles. The molecule has 0 aliphatic carbocycles. The number of hydrogen-bond donors (Lipinski definition) is 1. The molecule has 0 fully saturated rings. The lowest BCUT2D eigenvalue weighted by molar-refractivity contribution is -0.123. The van der Waals surface area contributed by atoms with E-state index in [1.165, 1.54) is 6.07 Å². The van der Waals surface area contributed by atoms with E-state index in [2.05, 4.69) is 4.98 Å². The van der Waals surface area contributed by atoms with Crippen LogP contribution in [0.15, 0.2) is 24.3 Å². The predicted octanol–water partition coefficient (Wildman–Crippen LogP) is 3.49. The van der Waals surface area contributed by atoms with Crippen molar-refractivity contribution in [3.8, 4) is 0 Å². The summed E-state index contributed by atoms with van der Waals surface area (Å²) in [6.45, 7) is 0.190. The van der Waals surface area contributed by atoms with Gasteiger partial charge in [0.1, 0.15) is 6.54 Å². The molecule has 0 aliphatic rings. The smallest absolute Gasteiger partial charge is 0.343 e. The molecule has 0 saturated carbocycles. The lowest BCUT2D eigenvalue weighted by atomic mass is 10.1. The van der Waals surface area contributed by atoms with Crippen LogP contribution in [-0.4, -0.2) is 23.6 Å². The van der Waals surface area contributed by atoms with Crippen LogP contribution in [0.25, 0.3) is 10.9 Å². The third-order valence-electron chi connectivity index (χ3n) is 2.66. The molecule has 0 unspecified atom stereocenters. The lowest BCUT2D eigenvalue weighted by Gasteiger charge is -2.10. The Labute approximate surface area is 117 Å². The minimum atomic E-state index is -4.45. The van der Waals surface area contributed by atoms with E-state index in [4.69, 9.17) is 11.6 Å². The zero-order valence-electron chi connectivity index (χ0n) is 10.4. The van der Waals surface area contributed by atoms with Crippen molar-refractivity contribution in [2.24, 2.45) is 0 Å². The third-order valence-corrected chi connectivity index (χ3v) is 2.90. The highest BCUT2D eigenvalue weighted by Crippen LogP contribution is 2.21. The van der Waals surface area contributed by atoms with Crippen LogP contribution in [0.5, 0.6) is 0 Å². The van der Waals surface area contributed by atoms with Gasteiger partial charge >= 0.3 is 6.18 Å². The molecule has 0 spiro atoms. The van der Waals surface area contributed by atoms with Crippen LogP contribution in [0, 0.1) is 6.92 Å². The van der Waals surface area contributed by atoms with Crippen molar-refractivity contribution in [2.75, 3.05) is 6.54 Å². The summed E-state index contributed by atoms with van der Waals surface area (Å²) in [5, 5.41) is 2.88. The van der Waals surface area contributed by atoms with Crippen LogP contribution in [0.4, 0.5) is 13.2 Å². The first-order valence-corrected chi connectivity index (χ1v) is 6.06. The van der Waals surface area contributed by atoms with E-state index in [-0.39, 0.29) is 5.56 Å². The summed E-state index contributed by atoms with van der Waals surface area (Å²) in [4.78, 5) is 15.9. The van der Waals surface area contributed by atoms with E-state index in [0.717, 1.165) is 0 Å². The molecular formula is C13H10ClF3N2O. The average Bonchev–Trinajstić information content (AvgIpc) is 2.35. The number of hydrogen-bond acceptors (Lipinski definition) is 2. The number of benzene rings is 1. The van der Waals surface area contributed by atoms with E-state index in [0.29, 0.717) is 21.6 Å². The Balaban J connectivity index is 2.33. The highest BCUT2D eigenvalue weighted by atomic mass is 35.5. The Hall–Kier alpha value is -1.82. The molecule has 2 aromatic rings. The van der Waals surface area contributed by atoms with Crippen molar-refractivity contribution in [3.05, 3.63) is 40.5 Å². The van der Waals surface area contributed by atoms with Crippen LogP contribution < -0.4 is 5.32 Å². The highest BCUT2D eigenvalue weighted by Gasteiger charge is 2.28. The molecule has 0 radical (unpaired) electrons. The van der Waals surface area contributed by atoms with Crippen molar-refractivity contribution < 1.29 is 18.0 Å². The maximum absolute atomic E-state index is 12.1. The number of aryl methyl sites for hydroxylation is 1. The number of nitrogens with zero attached hydrogens (tertiary/aromatic N) is 1. The summed E-state index contributed by atoms with van der Waals surface area (Å²) >= 11 is 5.83. The first-order valence-electron chi connectivity index (χ1n) is 5.68. The molecule has 3 nitrogen and oxygen atoms in total. The van der Waals surface area contributed by atoms with Gasteiger partial charge in [0.15, 0.2) is 0 Å². The number of fused-ring (bicyclic) bond motifs is 1. The maximum Gasteiger partial charge on any atom is 0.405 e. The molecule has 0 saturated heterocycles. The zero-order chi connectivity index (χ0) is 14.9. The van der Waals surface area contributed by atoms with Gasteiger partial charge in [-0.25, -0.2) is 0 Å². The molecule has 1 aromatic carbocycles. The number of aromatic nitrogens is 1. The monoisotopic (exact) mass is 302 g/mol. The van der Waals surface area contributed by atoms with E-state index in [1.54, 1.807) is 25.1 Å². The highest BCUT2D eigenvalue weighted by molar-refractivity contribution is 6.31. The van der Waals surface area contributed by atoms with E-state index in [1.807, 2.05) is 5.32 Å². The summed E-state index contributed by atoms with van der Waals surface area (Å²) in [6, 6.07) is 6.42. The summed E-state index contributed by atoms with van der Waals surface area (Å²) in [7, 11) is 0. The van der Waals surface area contributed by atoms with Crippen molar-refractivity contribution in [1.29, 1.82) is 0 Å². The fraction of sp³-hybridized carbons (Fsp3) is 0.231. The van der Waals surface area contributed by atoms with Crippen molar-refractivity contribution in [2.45, 2.75) is 13.1 Å². The Bertz CT molecular complexity index is 670. The predicted molar refractivity (Wildman–Crippen MR) is 69.9 cm³/mol. The molecule has 0 atom stereocenters. The first kappa shape index (κ1) is 14.6. The van der Waals surface area contributed by atoms with E-state index >= 15 is 0 Å². The summed E-state index contributed by atoms with van der Waals surface area (Å²) in [5.41, 5.74) is 1.09. The van der Waals surface area contributed by atoms with Gasteiger partial charge in [-0.3, -0.25) is 9.78 Å². The minimum absolute atomic E-state index is 0.101. The Morgan fingerprint density at radius 1 is 1.35 bits per heavy atom. The molecule has 0 aliphatic heterocycles. The second-order valence-electron chi connectivity index (χ2n) is 4.26. The van der Waals surface area contributed by atoms with Crippen LogP contribution in [0.1, 0.15) is 16.1 Å². The topological polar surface area (TPSA) is 42.0 Å². The number of nitrogens with one attached hydrogen (secondary N) is 1. The second kappa shape index (κ2) is 5.28. The summed E-state index contributed by atoms with van der Waals surface area (Å²) < 4.78 is 36.3. The molecule has 106 valence electrons. The normalized spacial score (nSPS) is 11.7. The number of carbonyl (C=O) groups excluding carboxylic acids is 1. The SMILES string of the molecule is Cc1nc2ccc(Cl)cc2cc1C(=O)NCC(F)(F)F. The summed E-state index contributed by atoms with van der Waals surface area (Å²) in [6.07, 6.45) is -4.45. The van der Waals surface area contributed by atoms with E-state index < -0.39 is 18.6 Å². The molecule has 0 bridgehead atoms. The molecule has 1 aromatic heterocycles. The molecule has 1 N–H and O–H groups in total. The quantitative estimate of drug-likeness (QED) is 0.922. The van der Waals surface area contributed by atoms with Crippen LogP contribution in [0.2, 0.25) is 5.02 Å². The van der Waals surface area contributed by atoms with Gasteiger partial charge in [-0.1, -0.05) is 11.6 Å². The fourth-order valence-electron chi connectivity index (χ4n) is 1.75. The molecule has 1 amide bonds. The van der Waals surface area contributed by atoms with Gasteiger partial charge in [-0.2, -0.15) is 13.2 Å². The lowest BCUT2D eigenvalue weighted by Crippen LogP contribution is -2.34. The van der Waals surface area contributed by atoms with Crippen LogP contribution in [0.3, 0.4) is 0 Å². The zero-order valence-corrected chi connectivity index (χ0v) is 11.1. The molecule has 7 heteroatoms. The standard InChI is InChI=1S/C13H10ClF3N2O/c1-7-10(12(20)18-6-13(15,16)17)5-8-4-9(14)2-3-11(8)19-7/h2-5H,6H2,1H3,(H,18,20). The summed E-state index contributed by atoms with van der Waals surface area (Å²) in [5.74, 6) is -0.811. The van der Waals surface area contributed by atoms with Gasteiger partial charge in [0, 0.05) is 10.4 Å². The number of pyridine rings is 1. The van der Waals surface area contributed by atoms with E-state index in [9.17, 15) is 18.0 Å². The maximum atomic E-state index is 12.1.